The zero-order chi connectivity index (χ0) is 7.98. The Bertz CT molecular complexity index is 125. The molecule has 3 N–H and O–H groups in total. The summed E-state index contributed by atoms with van der Waals surface area (Å²) in [5, 5.41) is 8.77. The van der Waals surface area contributed by atoms with Gasteiger partial charge in [0.25, 0.3) is 6.47 Å². The number of aliphatic hydroxyl groups is 1. The SMILES string of the molecule is NC(=O)C[C@H](O)COC=O. The minimum Gasteiger partial charge on any atom is -0.465 e. The Labute approximate surface area is 57.8 Å². The van der Waals surface area contributed by atoms with Crippen LogP contribution in [-0.4, -0.2) is 30.2 Å². The molecule has 0 fully saturated rings. The largest absolute Gasteiger partial charge is 0.465 e. The monoisotopic (exact) mass is 147 g/mol. The van der Waals surface area contributed by atoms with Crippen LogP contribution < -0.4 is 5.73 Å². The van der Waals surface area contributed by atoms with Crippen molar-refractivity contribution < 1.29 is 19.4 Å². The summed E-state index contributed by atoms with van der Waals surface area (Å²) in [7, 11) is 0. The lowest BCUT2D eigenvalue weighted by Crippen LogP contribution is -2.23. The van der Waals surface area contributed by atoms with Gasteiger partial charge in [0.1, 0.15) is 6.61 Å². The molecular weight excluding hydrogens is 138 g/mol. The van der Waals surface area contributed by atoms with Gasteiger partial charge in [0.15, 0.2) is 0 Å². The molecule has 1 atom stereocenters. The van der Waals surface area contributed by atoms with Crippen LogP contribution in [0.25, 0.3) is 0 Å². The van der Waals surface area contributed by atoms with Crippen molar-refractivity contribution in [3.63, 3.8) is 0 Å². The first-order valence-corrected chi connectivity index (χ1v) is 2.68. The van der Waals surface area contributed by atoms with Crippen molar-refractivity contribution in [1.29, 1.82) is 0 Å². The van der Waals surface area contributed by atoms with Gasteiger partial charge in [0, 0.05) is 0 Å². The number of hydrogen-bond donors (Lipinski definition) is 2. The summed E-state index contributed by atoms with van der Waals surface area (Å²) < 4.78 is 4.16. The Hall–Kier alpha value is -1.10. The lowest BCUT2D eigenvalue weighted by atomic mass is 10.2. The van der Waals surface area contributed by atoms with Crippen molar-refractivity contribution in [2.24, 2.45) is 5.73 Å². The summed E-state index contributed by atoms with van der Waals surface area (Å²) in [5.41, 5.74) is 4.72. The first-order chi connectivity index (χ1) is 4.66. The van der Waals surface area contributed by atoms with E-state index in [4.69, 9.17) is 10.8 Å². The molecule has 0 aromatic rings. The maximum atomic E-state index is 10.1. The maximum Gasteiger partial charge on any atom is 0.293 e. The number of hydrogen-bond acceptors (Lipinski definition) is 4. The molecule has 0 saturated carbocycles. The van der Waals surface area contributed by atoms with Crippen LogP contribution in [0.3, 0.4) is 0 Å². The van der Waals surface area contributed by atoms with E-state index in [9.17, 15) is 9.59 Å². The van der Waals surface area contributed by atoms with Gasteiger partial charge in [-0.15, -0.1) is 0 Å². The molecule has 0 rings (SSSR count). The van der Waals surface area contributed by atoms with Gasteiger partial charge in [-0.3, -0.25) is 9.59 Å². The smallest absolute Gasteiger partial charge is 0.293 e. The number of nitrogens with two attached hydrogens (primary N) is 1. The number of carbonyl (C=O) groups is 2. The summed E-state index contributed by atoms with van der Waals surface area (Å²) in [6.45, 7) is 0.0106. The van der Waals surface area contributed by atoms with Crippen LogP contribution in [0.4, 0.5) is 0 Å². The Morgan fingerprint density at radius 1 is 1.80 bits per heavy atom. The Kier molecular flexibility index (Phi) is 4.23. The fourth-order valence-corrected chi connectivity index (χ4v) is 0.442. The van der Waals surface area contributed by atoms with Crippen LogP contribution in [0, 0.1) is 0 Å². The highest BCUT2D eigenvalue weighted by Crippen LogP contribution is 1.89. The number of primary amides is 1. The molecule has 0 radical (unpaired) electrons. The van der Waals surface area contributed by atoms with E-state index in [1.165, 1.54) is 0 Å². The van der Waals surface area contributed by atoms with Crippen molar-refractivity contribution in [3.8, 4) is 0 Å². The van der Waals surface area contributed by atoms with E-state index in [2.05, 4.69) is 4.74 Å². The standard InChI is InChI=1S/C5H9NO4/c6-5(9)1-4(8)2-10-3-7/h3-4,8H,1-2H2,(H2,6,9)/t4-/m0/s1. The molecule has 0 bridgehead atoms. The highest BCUT2D eigenvalue weighted by Gasteiger charge is 2.06. The van der Waals surface area contributed by atoms with Gasteiger partial charge in [-0.1, -0.05) is 0 Å². The van der Waals surface area contributed by atoms with Crippen LogP contribution in [0.2, 0.25) is 0 Å². The Morgan fingerprint density at radius 3 is 2.80 bits per heavy atom. The van der Waals surface area contributed by atoms with E-state index >= 15 is 0 Å². The van der Waals surface area contributed by atoms with E-state index in [0.29, 0.717) is 0 Å². The lowest BCUT2D eigenvalue weighted by molar-refractivity contribution is -0.133. The molecule has 58 valence electrons. The quantitative estimate of drug-likeness (QED) is 0.458. The fourth-order valence-electron chi connectivity index (χ4n) is 0.442. The highest BCUT2D eigenvalue weighted by molar-refractivity contribution is 5.74. The van der Waals surface area contributed by atoms with E-state index in [-0.39, 0.29) is 19.5 Å². The Balaban J connectivity index is 3.33. The molecule has 5 heteroatoms. The number of rotatable bonds is 5. The zero-order valence-corrected chi connectivity index (χ0v) is 5.32. The topological polar surface area (TPSA) is 89.6 Å². The van der Waals surface area contributed by atoms with Gasteiger partial charge in [-0.05, 0) is 0 Å². The predicted molar refractivity (Wildman–Crippen MR) is 31.8 cm³/mol. The van der Waals surface area contributed by atoms with E-state index < -0.39 is 12.0 Å². The van der Waals surface area contributed by atoms with Gasteiger partial charge in [-0.25, -0.2) is 0 Å². The molecule has 0 aromatic heterocycles. The van der Waals surface area contributed by atoms with Crippen LogP contribution in [0.1, 0.15) is 6.42 Å². The van der Waals surface area contributed by atoms with Crippen molar-refractivity contribution in [1.82, 2.24) is 0 Å². The highest BCUT2D eigenvalue weighted by atomic mass is 16.5. The molecule has 1 amide bonds. The maximum absolute atomic E-state index is 10.1. The molecule has 10 heavy (non-hydrogen) atoms. The molecule has 0 spiro atoms. The molecule has 0 heterocycles. The van der Waals surface area contributed by atoms with E-state index in [1.807, 2.05) is 0 Å². The van der Waals surface area contributed by atoms with Crippen molar-refractivity contribution in [2.75, 3.05) is 6.61 Å². The number of amides is 1. The molecule has 0 saturated heterocycles. The number of aliphatic hydroxyl groups excluding tert-OH is 1. The van der Waals surface area contributed by atoms with Crippen LogP contribution in [0.5, 0.6) is 0 Å². The third kappa shape index (κ3) is 5.04. The molecule has 0 aliphatic rings. The van der Waals surface area contributed by atoms with Crippen LogP contribution in [0.15, 0.2) is 0 Å². The average Bonchev–Trinajstić information content (AvgIpc) is 1.82. The van der Waals surface area contributed by atoms with Gasteiger partial charge >= 0.3 is 0 Å². The molecular formula is C5H9NO4. The average molecular weight is 147 g/mol. The molecule has 0 aliphatic carbocycles. The molecule has 0 unspecified atom stereocenters. The normalized spacial score (nSPS) is 12.1. The van der Waals surface area contributed by atoms with Crippen molar-refractivity contribution in [3.05, 3.63) is 0 Å². The summed E-state index contributed by atoms with van der Waals surface area (Å²) in [4.78, 5) is 19.6. The molecule has 5 nitrogen and oxygen atoms in total. The summed E-state index contributed by atoms with van der Waals surface area (Å²) in [6.07, 6.45) is -1.17. The fraction of sp³-hybridized carbons (Fsp3) is 0.600. The van der Waals surface area contributed by atoms with Crippen molar-refractivity contribution in [2.45, 2.75) is 12.5 Å². The van der Waals surface area contributed by atoms with Gasteiger partial charge < -0.3 is 15.6 Å². The van der Waals surface area contributed by atoms with Gasteiger partial charge in [0.2, 0.25) is 5.91 Å². The molecule has 0 aromatic carbocycles. The second kappa shape index (κ2) is 4.75. The third-order valence-electron chi connectivity index (χ3n) is 0.793. The van der Waals surface area contributed by atoms with Crippen LogP contribution in [-0.2, 0) is 14.3 Å². The predicted octanol–water partition coefficient (Wildman–Crippen LogP) is -1.60. The molecule has 0 aliphatic heterocycles. The Morgan fingerprint density at radius 2 is 2.40 bits per heavy atom. The van der Waals surface area contributed by atoms with Crippen LogP contribution >= 0.6 is 0 Å². The third-order valence-corrected chi connectivity index (χ3v) is 0.793. The lowest BCUT2D eigenvalue weighted by Gasteiger charge is -2.04. The van der Waals surface area contributed by atoms with Gasteiger partial charge in [-0.2, -0.15) is 0 Å². The van der Waals surface area contributed by atoms with E-state index in [1.54, 1.807) is 0 Å². The first-order valence-electron chi connectivity index (χ1n) is 2.68. The second-order valence-electron chi connectivity index (χ2n) is 1.75. The van der Waals surface area contributed by atoms with Crippen molar-refractivity contribution >= 4 is 12.4 Å². The summed E-state index contributed by atoms with van der Waals surface area (Å²) in [5.74, 6) is -0.623. The summed E-state index contributed by atoms with van der Waals surface area (Å²) in [6, 6.07) is 0. The van der Waals surface area contributed by atoms with Gasteiger partial charge in [0.05, 0.1) is 12.5 Å². The minimum atomic E-state index is -0.984. The number of ether oxygens (including phenoxy) is 1. The first kappa shape index (κ1) is 8.90. The number of carbonyl (C=O) groups excluding carboxylic acids is 2. The minimum absolute atomic E-state index is 0.187. The summed E-state index contributed by atoms with van der Waals surface area (Å²) >= 11 is 0. The zero-order valence-electron chi connectivity index (χ0n) is 5.32. The second-order valence-corrected chi connectivity index (χ2v) is 1.75. The van der Waals surface area contributed by atoms with E-state index in [0.717, 1.165) is 0 Å².